The van der Waals surface area contributed by atoms with E-state index in [4.69, 9.17) is 0 Å². The first-order valence-corrected chi connectivity index (χ1v) is 8.90. The molecule has 0 aliphatic heterocycles. The average molecular weight is 287 g/mol. The molecule has 1 aromatic rings. The first-order valence-electron chi connectivity index (χ1n) is 8.90. The molecule has 21 heavy (non-hydrogen) atoms. The topological polar surface area (TPSA) is 12.0 Å². The van der Waals surface area contributed by atoms with Crippen LogP contribution in [0.4, 0.5) is 0 Å². The maximum absolute atomic E-state index is 3.68. The lowest BCUT2D eigenvalue weighted by Crippen LogP contribution is -2.35. The van der Waals surface area contributed by atoms with E-state index in [0.29, 0.717) is 6.04 Å². The highest BCUT2D eigenvalue weighted by atomic mass is 14.9. The summed E-state index contributed by atoms with van der Waals surface area (Å²) in [6.07, 6.45) is 6.96. The zero-order valence-corrected chi connectivity index (χ0v) is 14.4. The second-order valence-corrected chi connectivity index (χ2v) is 7.31. The fourth-order valence-electron chi connectivity index (χ4n) is 3.93. The van der Waals surface area contributed by atoms with Crippen LogP contribution in [0.25, 0.3) is 0 Å². The molecular weight excluding hydrogens is 254 g/mol. The minimum absolute atomic E-state index is 0.594. The van der Waals surface area contributed by atoms with Crippen molar-refractivity contribution in [3.05, 3.63) is 35.4 Å². The van der Waals surface area contributed by atoms with Gasteiger partial charge in [0.2, 0.25) is 0 Å². The van der Waals surface area contributed by atoms with Crippen LogP contribution in [0.1, 0.15) is 69.9 Å². The molecular formula is C20H33N. The Morgan fingerprint density at radius 2 is 2.05 bits per heavy atom. The zero-order valence-electron chi connectivity index (χ0n) is 14.4. The van der Waals surface area contributed by atoms with Crippen molar-refractivity contribution in [3.63, 3.8) is 0 Å². The molecule has 0 spiro atoms. The highest BCUT2D eigenvalue weighted by Gasteiger charge is 2.31. The number of benzene rings is 1. The Labute approximate surface area is 131 Å². The summed E-state index contributed by atoms with van der Waals surface area (Å²) in [5, 5.41) is 3.68. The van der Waals surface area contributed by atoms with Crippen molar-refractivity contribution in [3.8, 4) is 0 Å². The predicted molar refractivity (Wildman–Crippen MR) is 92.8 cm³/mol. The number of rotatable bonds is 6. The number of aryl methyl sites for hydroxylation is 1. The van der Waals surface area contributed by atoms with Crippen LogP contribution >= 0.6 is 0 Å². The predicted octanol–water partition coefficient (Wildman–Crippen LogP) is 5.29. The van der Waals surface area contributed by atoms with E-state index in [1.807, 2.05) is 0 Å². The van der Waals surface area contributed by atoms with Gasteiger partial charge in [0.15, 0.2) is 0 Å². The normalized spacial score (nSPS) is 26.2. The molecule has 2 rings (SSSR count). The minimum atomic E-state index is 0.594. The summed E-state index contributed by atoms with van der Waals surface area (Å²) in [4.78, 5) is 0. The molecule has 1 aromatic carbocycles. The van der Waals surface area contributed by atoms with Crippen LogP contribution in [0.5, 0.6) is 0 Å². The van der Waals surface area contributed by atoms with Crippen molar-refractivity contribution in [1.29, 1.82) is 0 Å². The molecule has 0 bridgehead atoms. The summed E-state index contributed by atoms with van der Waals surface area (Å²) in [7, 11) is 0. The van der Waals surface area contributed by atoms with E-state index in [0.717, 1.165) is 17.8 Å². The first-order chi connectivity index (χ1) is 10.1. The van der Waals surface area contributed by atoms with Crippen LogP contribution in [-0.2, 0) is 0 Å². The van der Waals surface area contributed by atoms with Gasteiger partial charge in [0.05, 0.1) is 0 Å². The monoisotopic (exact) mass is 287 g/mol. The summed E-state index contributed by atoms with van der Waals surface area (Å²) in [6, 6.07) is 9.82. The van der Waals surface area contributed by atoms with E-state index in [1.165, 1.54) is 44.2 Å². The fraction of sp³-hybridized carbons (Fsp3) is 0.700. The first kappa shape index (κ1) is 16.5. The van der Waals surface area contributed by atoms with Gasteiger partial charge in [-0.2, -0.15) is 0 Å². The fourth-order valence-corrected chi connectivity index (χ4v) is 3.93. The van der Waals surface area contributed by atoms with Gasteiger partial charge in [-0.3, -0.25) is 0 Å². The van der Waals surface area contributed by atoms with Gasteiger partial charge < -0.3 is 5.32 Å². The quantitative estimate of drug-likeness (QED) is 0.749. The lowest BCUT2D eigenvalue weighted by molar-refractivity contribution is 0.217. The SMILES string of the molecule is CCCC1CCC(CNC(C)C)C(c2cccc(C)c2)C1. The maximum Gasteiger partial charge on any atom is 0.00104 e. The van der Waals surface area contributed by atoms with E-state index in [9.17, 15) is 0 Å². The van der Waals surface area contributed by atoms with Crippen molar-refractivity contribution >= 4 is 0 Å². The number of hydrogen-bond acceptors (Lipinski definition) is 1. The van der Waals surface area contributed by atoms with Crippen molar-refractivity contribution in [2.24, 2.45) is 11.8 Å². The summed E-state index contributed by atoms with van der Waals surface area (Å²) in [6.45, 7) is 10.2. The molecule has 1 fully saturated rings. The van der Waals surface area contributed by atoms with Crippen molar-refractivity contribution in [1.82, 2.24) is 5.32 Å². The Morgan fingerprint density at radius 1 is 1.24 bits per heavy atom. The Bertz CT molecular complexity index is 424. The summed E-state index contributed by atoms with van der Waals surface area (Å²) in [5.41, 5.74) is 2.98. The average Bonchev–Trinajstić information content (AvgIpc) is 2.46. The molecule has 1 aliphatic carbocycles. The molecule has 1 saturated carbocycles. The van der Waals surface area contributed by atoms with Crippen molar-refractivity contribution in [2.45, 2.75) is 71.8 Å². The highest BCUT2D eigenvalue weighted by molar-refractivity contribution is 5.26. The van der Waals surface area contributed by atoms with E-state index in [1.54, 1.807) is 5.56 Å². The molecule has 118 valence electrons. The molecule has 3 atom stereocenters. The maximum atomic E-state index is 3.68. The molecule has 0 amide bonds. The van der Waals surface area contributed by atoms with Gasteiger partial charge >= 0.3 is 0 Å². The number of nitrogens with one attached hydrogen (secondary N) is 1. The lowest BCUT2D eigenvalue weighted by Gasteiger charge is -2.37. The molecule has 0 heterocycles. The van der Waals surface area contributed by atoms with Gasteiger partial charge in [0, 0.05) is 6.04 Å². The molecule has 1 nitrogen and oxygen atoms in total. The van der Waals surface area contributed by atoms with Crippen LogP contribution < -0.4 is 5.32 Å². The standard InChI is InChI=1S/C20H33N/c1-5-7-17-10-11-19(14-21-15(2)3)20(13-17)18-9-6-8-16(4)12-18/h6,8-9,12,15,17,19-21H,5,7,10-11,13-14H2,1-4H3. The van der Waals surface area contributed by atoms with Crippen LogP contribution in [0, 0.1) is 18.8 Å². The van der Waals surface area contributed by atoms with E-state index >= 15 is 0 Å². The Kier molecular flexibility index (Phi) is 6.29. The molecule has 1 heteroatoms. The van der Waals surface area contributed by atoms with Gasteiger partial charge in [-0.1, -0.05) is 69.9 Å². The second kappa shape index (κ2) is 7.98. The third-order valence-corrected chi connectivity index (χ3v) is 5.06. The Hall–Kier alpha value is -0.820. The Balaban J connectivity index is 2.11. The Morgan fingerprint density at radius 3 is 2.71 bits per heavy atom. The third kappa shape index (κ3) is 4.85. The summed E-state index contributed by atoms with van der Waals surface area (Å²) >= 11 is 0. The third-order valence-electron chi connectivity index (χ3n) is 5.06. The summed E-state index contributed by atoms with van der Waals surface area (Å²) in [5.74, 6) is 2.50. The van der Waals surface area contributed by atoms with Crippen molar-refractivity contribution < 1.29 is 0 Å². The molecule has 1 N–H and O–H groups in total. The molecule has 1 aliphatic rings. The van der Waals surface area contributed by atoms with Gasteiger partial charge in [-0.15, -0.1) is 0 Å². The van der Waals surface area contributed by atoms with Crippen LogP contribution in [0.2, 0.25) is 0 Å². The molecule has 0 radical (unpaired) electrons. The smallest absolute Gasteiger partial charge is 0.00104 e. The molecule has 3 unspecified atom stereocenters. The van der Waals surface area contributed by atoms with E-state index in [-0.39, 0.29) is 0 Å². The van der Waals surface area contributed by atoms with Crippen LogP contribution in [0.3, 0.4) is 0 Å². The largest absolute Gasteiger partial charge is 0.314 e. The zero-order chi connectivity index (χ0) is 15.2. The van der Waals surface area contributed by atoms with Crippen molar-refractivity contribution in [2.75, 3.05) is 6.54 Å². The van der Waals surface area contributed by atoms with Crippen LogP contribution in [0.15, 0.2) is 24.3 Å². The van der Waals surface area contributed by atoms with E-state index in [2.05, 4.69) is 57.3 Å². The summed E-state index contributed by atoms with van der Waals surface area (Å²) < 4.78 is 0. The molecule has 0 aromatic heterocycles. The van der Waals surface area contributed by atoms with Gasteiger partial charge in [0.1, 0.15) is 0 Å². The lowest BCUT2D eigenvalue weighted by atomic mass is 9.70. The minimum Gasteiger partial charge on any atom is -0.314 e. The number of hydrogen-bond donors (Lipinski definition) is 1. The van der Waals surface area contributed by atoms with Gasteiger partial charge in [0.25, 0.3) is 0 Å². The highest BCUT2D eigenvalue weighted by Crippen LogP contribution is 2.42. The van der Waals surface area contributed by atoms with E-state index < -0.39 is 0 Å². The van der Waals surface area contributed by atoms with Crippen LogP contribution in [-0.4, -0.2) is 12.6 Å². The second-order valence-electron chi connectivity index (χ2n) is 7.31. The van der Waals surface area contributed by atoms with Gasteiger partial charge in [-0.05, 0) is 49.6 Å². The molecule has 0 saturated heterocycles. The van der Waals surface area contributed by atoms with Gasteiger partial charge in [-0.25, -0.2) is 0 Å².